The number of hydrogen-bond acceptors (Lipinski definition) is 4. The molecule has 32 heavy (non-hydrogen) atoms. The average Bonchev–Trinajstić information content (AvgIpc) is 3.09. The molecule has 3 N–H and O–H groups in total. The number of hydrogen-bond donors (Lipinski definition) is 3. The van der Waals surface area contributed by atoms with Crippen molar-refractivity contribution in [1.29, 1.82) is 0 Å². The molecule has 0 bridgehead atoms. The number of ether oxygens (including phenoxy) is 1. The summed E-state index contributed by atoms with van der Waals surface area (Å²) >= 11 is 0. The topological polar surface area (TPSA) is 105 Å². The van der Waals surface area contributed by atoms with E-state index in [1.807, 2.05) is 43.3 Å². The number of benzene rings is 2. The zero-order chi connectivity index (χ0) is 23.3. The van der Waals surface area contributed by atoms with Crippen molar-refractivity contribution >= 4 is 18.0 Å². The normalized spacial score (nSPS) is 14.2. The van der Waals surface area contributed by atoms with Gasteiger partial charge in [-0.1, -0.05) is 69.3 Å². The number of amides is 2. The number of alkyl carbamates (subject to hydrolysis) is 1. The highest BCUT2D eigenvalue weighted by Crippen LogP contribution is 2.44. The van der Waals surface area contributed by atoms with Crippen LogP contribution in [0.1, 0.15) is 50.7 Å². The minimum absolute atomic E-state index is 0.0167. The van der Waals surface area contributed by atoms with Crippen molar-refractivity contribution in [3.05, 3.63) is 59.7 Å². The Kier molecular flexibility index (Phi) is 7.51. The number of aliphatic carboxylic acids is 1. The second-order valence-corrected chi connectivity index (χ2v) is 8.41. The fraction of sp³-hybridized carbons (Fsp3) is 0.400. The molecule has 2 aromatic carbocycles. The predicted molar refractivity (Wildman–Crippen MR) is 121 cm³/mol. The third-order valence-electron chi connectivity index (χ3n) is 5.84. The minimum Gasteiger partial charge on any atom is -0.480 e. The van der Waals surface area contributed by atoms with Gasteiger partial charge in [-0.05, 0) is 34.6 Å². The molecule has 7 nitrogen and oxygen atoms in total. The Morgan fingerprint density at radius 2 is 1.53 bits per heavy atom. The predicted octanol–water partition coefficient (Wildman–Crippen LogP) is 3.92. The summed E-state index contributed by atoms with van der Waals surface area (Å²) in [7, 11) is 0. The Morgan fingerprint density at radius 1 is 0.969 bits per heavy atom. The molecular formula is C25H30N2O5. The van der Waals surface area contributed by atoms with Crippen LogP contribution in [0.15, 0.2) is 48.5 Å². The summed E-state index contributed by atoms with van der Waals surface area (Å²) in [6, 6.07) is 14.8. The lowest BCUT2D eigenvalue weighted by atomic mass is 9.98. The number of carbonyl (C=O) groups excluding carboxylic acids is 2. The molecule has 2 aromatic rings. The van der Waals surface area contributed by atoms with Crippen molar-refractivity contribution in [3.8, 4) is 11.1 Å². The number of fused-ring (bicyclic) bond motifs is 3. The van der Waals surface area contributed by atoms with E-state index in [9.17, 15) is 19.5 Å². The molecule has 3 rings (SSSR count). The van der Waals surface area contributed by atoms with Crippen LogP contribution < -0.4 is 10.6 Å². The molecule has 2 atom stereocenters. The summed E-state index contributed by atoms with van der Waals surface area (Å²) in [5.74, 6) is -1.78. The lowest BCUT2D eigenvalue weighted by Crippen LogP contribution is -2.47. The zero-order valence-corrected chi connectivity index (χ0v) is 18.6. The van der Waals surface area contributed by atoms with Crippen LogP contribution in [0.3, 0.4) is 0 Å². The quantitative estimate of drug-likeness (QED) is 0.550. The lowest BCUT2D eigenvalue weighted by Gasteiger charge is -2.21. The van der Waals surface area contributed by atoms with Gasteiger partial charge in [-0.15, -0.1) is 0 Å². The molecule has 7 heteroatoms. The fourth-order valence-corrected chi connectivity index (χ4v) is 4.07. The van der Waals surface area contributed by atoms with Crippen LogP contribution >= 0.6 is 0 Å². The molecule has 0 heterocycles. The monoisotopic (exact) mass is 438 g/mol. The maximum absolute atomic E-state index is 12.5. The summed E-state index contributed by atoms with van der Waals surface area (Å²) in [4.78, 5) is 36.0. The Hall–Kier alpha value is -3.35. The second-order valence-electron chi connectivity index (χ2n) is 8.41. The Labute approximate surface area is 188 Å². The Bertz CT molecular complexity index is 942. The van der Waals surface area contributed by atoms with Crippen LogP contribution in [-0.2, 0) is 14.3 Å². The van der Waals surface area contributed by atoms with Crippen molar-refractivity contribution < 1.29 is 24.2 Å². The van der Waals surface area contributed by atoms with Crippen molar-refractivity contribution in [3.63, 3.8) is 0 Å². The van der Waals surface area contributed by atoms with Crippen molar-refractivity contribution in [1.82, 2.24) is 10.6 Å². The molecule has 0 saturated carbocycles. The van der Waals surface area contributed by atoms with Gasteiger partial charge in [0, 0.05) is 18.4 Å². The van der Waals surface area contributed by atoms with Crippen LogP contribution in [-0.4, -0.2) is 41.8 Å². The van der Waals surface area contributed by atoms with E-state index < -0.39 is 30.1 Å². The molecule has 0 radical (unpaired) electrons. The SMILES string of the molecule is CCC(CC(=O)N[C@H](C(=O)O)C(C)C)NC(=O)OCC1c2ccccc2-c2ccccc21. The number of carboxylic acids is 1. The first-order valence-electron chi connectivity index (χ1n) is 11.0. The first-order chi connectivity index (χ1) is 15.3. The maximum Gasteiger partial charge on any atom is 0.407 e. The third kappa shape index (κ3) is 5.28. The summed E-state index contributed by atoms with van der Waals surface area (Å²) in [5, 5.41) is 14.5. The average molecular weight is 439 g/mol. The van der Waals surface area contributed by atoms with Crippen LogP contribution in [0.4, 0.5) is 4.79 Å². The van der Waals surface area contributed by atoms with E-state index in [1.165, 1.54) is 0 Å². The van der Waals surface area contributed by atoms with Gasteiger partial charge in [0.25, 0.3) is 0 Å². The summed E-state index contributed by atoms with van der Waals surface area (Å²) < 4.78 is 5.54. The van der Waals surface area contributed by atoms with Crippen molar-refractivity contribution in [2.45, 2.75) is 51.6 Å². The summed E-state index contributed by atoms with van der Waals surface area (Å²) in [6.45, 7) is 5.49. The van der Waals surface area contributed by atoms with Gasteiger partial charge in [0.1, 0.15) is 12.6 Å². The van der Waals surface area contributed by atoms with Crippen LogP contribution in [0.5, 0.6) is 0 Å². The summed E-state index contributed by atoms with van der Waals surface area (Å²) in [6.07, 6.45) is -0.0982. The van der Waals surface area contributed by atoms with Crippen LogP contribution in [0.2, 0.25) is 0 Å². The molecule has 0 aromatic heterocycles. The highest BCUT2D eigenvalue weighted by atomic mass is 16.5. The Morgan fingerprint density at radius 3 is 2.03 bits per heavy atom. The van der Waals surface area contributed by atoms with Crippen molar-refractivity contribution in [2.24, 2.45) is 5.92 Å². The van der Waals surface area contributed by atoms with E-state index in [2.05, 4.69) is 22.8 Å². The largest absolute Gasteiger partial charge is 0.480 e. The molecular weight excluding hydrogens is 408 g/mol. The molecule has 0 aliphatic heterocycles. The molecule has 2 amide bonds. The number of nitrogens with one attached hydrogen (secondary N) is 2. The zero-order valence-electron chi connectivity index (χ0n) is 18.6. The summed E-state index contributed by atoms with van der Waals surface area (Å²) in [5.41, 5.74) is 4.55. The van der Waals surface area contributed by atoms with Gasteiger partial charge in [-0.2, -0.15) is 0 Å². The van der Waals surface area contributed by atoms with E-state index in [-0.39, 0.29) is 24.9 Å². The smallest absolute Gasteiger partial charge is 0.407 e. The van der Waals surface area contributed by atoms with E-state index in [4.69, 9.17) is 4.74 Å². The van der Waals surface area contributed by atoms with Gasteiger partial charge in [0.15, 0.2) is 0 Å². The van der Waals surface area contributed by atoms with Crippen LogP contribution in [0, 0.1) is 5.92 Å². The van der Waals surface area contributed by atoms with Gasteiger partial charge in [-0.25, -0.2) is 9.59 Å². The highest BCUT2D eigenvalue weighted by Gasteiger charge is 2.29. The molecule has 1 aliphatic carbocycles. The maximum atomic E-state index is 12.5. The van der Waals surface area contributed by atoms with E-state index in [0.717, 1.165) is 22.3 Å². The molecule has 0 saturated heterocycles. The van der Waals surface area contributed by atoms with Gasteiger partial charge in [0.05, 0.1) is 0 Å². The van der Waals surface area contributed by atoms with Gasteiger partial charge in [-0.3, -0.25) is 4.79 Å². The van der Waals surface area contributed by atoms with Gasteiger partial charge < -0.3 is 20.5 Å². The fourth-order valence-electron chi connectivity index (χ4n) is 4.07. The van der Waals surface area contributed by atoms with Gasteiger partial charge in [0.2, 0.25) is 5.91 Å². The molecule has 1 unspecified atom stereocenters. The molecule has 1 aliphatic rings. The van der Waals surface area contributed by atoms with E-state index in [0.29, 0.717) is 6.42 Å². The van der Waals surface area contributed by atoms with Gasteiger partial charge >= 0.3 is 12.1 Å². The van der Waals surface area contributed by atoms with Crippen LogP contribution in [0.25, 0.3) is 11.1 Å². The standard InChI is InChI=1S/C25H30N2O5/c1-4-16(13-22(28)27-23(15(2)3)24(29)30)26-25(31)32-14-21-19-11-7-5-9-17(19)18-10-6-8-12-20(18)21/h5-12,15-16,21,23H,4,13-14H2,1-3H3,(H,26,31)(H,27,28)(H,29,30)/t16?,23-/m0/s1. The number of carbonyl (C=O) groups is 3. The molecule has 0 fully saturated rings. The van der Waals surface area contributed by atoms with E-state index >= 15 is 0 Å². The number of carboxylic acid groups (broad SMARTS) is 1. The Balaban J connectivity index is 1.57. The second kappa shape index (κ2) is 10.3. The third-order valence-corrected chi connectivity index (χ3v) is 5.84. The number of rotatable bonds is 9. The minimum atomic E-state index is -1.08. The highest BCUT2D eigenvalue weighted by molar-refractivity contribution is 5.84. The van der Waals surface area contributed by atoms with E-state index in [1.54, 1.807) is 13.8 Å². The first kappa shape index (κ1) is 23.3. The lowest BCUT2D eigenvalue weighted by molar-refractivity contribution is -0.143. The molecule has 170 valence electrons. The van der Waals surface area contributed by atoms with Crippen molar-refractivity contribution in [2.75, 3.05) is 6.61 Å². The molecule has 0 spiro atoms. The first-order valence-corrected chi connectivity index (χ1v) is 11.0.